The highest BCUT2D eigenvalue weighted by Crippen LogP contribution is 2.29. The van der Waals surface area contributed by atoms with Gasteiger partial charge in [-0.2, -0.15) is 0 Å². The van der Waals surface area contributed by atoms with Gasteiger partial charge >= 0.3 is 0 Å². The van der Waals surface area contributed by atoms with E-state index < -0.39 is 0 Å². The topological polar surface area (TPSA) is 51.8 Å². The highest BCUT2D eigenvalue weighted by Gasteiger charge is 2.05. The summed E-state index contributed by atoms with van der Waals surface area (Å²) < 4.78 is 1.12. The number of thiazole rings is 1. The zero-order chi connectivity index (χ0) is 9.54. The smallest absolute Gasteiger partial charge is 0.181 e. The highest BCUT2D eigenvalue weighted by molar-refractivity contribution is 7.22. The van der Waals surface area contributed by atoms with Crippen molar-refractivity contribution >= 4 is 37.6 Å². The monoisotopic (exact) mass is 201 g/mol. The van der Waals surface area contributed by atoms with E-state index in [0.717, 1.165) is 21.1 Å². The lowest BCUT2D eigenvalue weighted by Crippen LogP contribution is -1.80. The molecule has 0 aliphatic rings. The van der Waals surface area contributed by atoms with E-state index in [1.165, 1.54) is 11.3 Å². The molecule has 3 nitrogen and oxygen atoms in total. The molecule has 0 amide bonds. The molecule has 0 radical (unpaired) electrons. The van der Waals surface area contributed by atoms with Crippen LogP contribution in [0, 0.1) is 0 Å². The fourth-order valence-electron chi connectivity index (χ4n) is 1.54. The molecule has 1 aromatic carbocycles. The van der Waals surface area contributed by atoms with E-state index in [0.29, 0.717) is 5.13 Å². The number of para-hydroxylation sites is 1. The molecular formula is C10H7N3S. The van der Waals surface area contributed by atoms with Crippen molar-refractivity contribution in [2.45, 2.75) is 0 Å². The molecule has 0 spiro atoms. The molecule has 14 heavy (non-hydrogen) atoms. The predicted octanol–water partition coefficient (Wildman–Crippen LogP) is 2.43. The van der Waals surface area contributed by atoms with Crippen molar-refractivity contribution in [3.8, 4) is 0 Å². The SMILES string of the molecule is Nc1nc2cnc3ccccc3c2s1. The van der Waals surface area contributed by atoms with Gasteiger partial charge in [0.25, 0.3) is 0 Å². The van der Waals surface area contributed by atoms with Crippen LogP contribution in [0.4, 0.5) is 5.13 Å². The Kier molecular flexibility index (Phi) is 1.46. The van der Waals surface area contributed by atoms with Crippen LogP contribution in [0.1, 0.15) is 0 Å². The van der Waals surface area contributed by atoms with Crippen LogP contribution in [-0.2, 0) is 0 Å². The van der Waals surface area contributed by atoms with Crippen molar-refractivity contribution in [2.75, 3.05) is 5.73 Å². The summed E-state index contributed by atoms with van der Waals surface area (Å²) in [5.74, 6) is 0. The average molecular weight is 201 g/mol. The van der Waals surface area contributed by atoms with Crippen LogP contribution >= 0.6 is 11.3 Å². The van der Waals surface area contributed by atoms with Crippen LogP contribution in [0.5, 0.6) is 0 Å². The number of aromatic nitrogens is 2. The summed E-state index contributed by atoms with van der Waals surface area (Å²) >= 11 is 1.51. The van der Waals surface area contributed by atoms with E-state index in [4.69, 9.17) is 5.73 Å². The van der Waals surface area contributed by atoms with Gasteiger partial charge < -0.3 is 5.73 Å². The van der Waals surface area contributed by atoms with Crippen molar-refractivity contribution in [3.63, 3.8) is 0 Å². The molecule has 0 aliphatic carbocycles. The van der Waals surface area contributed by atoms with E-state index in [9.17, 15) is 0 Å². The van der Waals surface area contributed by atoms with Gasteiger partial charge in [0.15, 0.2) is 5.13 Å². The summed E-state index contributed by atoms with van der Waals surface area (Å²) in [6, 6.07) is 8.01. The molecule has 4 heteroatoms. The maximum Gasteiger partial charge on any atom is 0.181 e. The third-order valence-corrected chi connectivity index (χ3v) is 3.08. The summed E-state index contributed by atoms with van der Waals surface area (Å²) in [7, 11) is 0. The summed E-state index contributed by atoms with van der Waals surface area (Å²) in [6.45, 7) is 0. The van der Waals surface area contributed by atoms with Crippen molar-refractivity contribution in [3.05, 3.63) is 30.5 Å². The number of anilines is 1. The normalized spacial score (nSPS) is 11.1. The van der Waals surface area contributed by atoms with E-state index in [1.807, 2.05) is 24.3 Å². The Morgan fingerprint density at radius 3 is 2.93 bits per heavy atom. The molecule has 2 heterocycles. The minimum absolute atomic E-state index is 0.596. The van der Waals surface area contributed by atoms with Crippen LogP contribution in [0.25, 0.3) is 21.1 Å². The molecule has 2 N–H and O–H groups in total. The summed E-state index contributed by atoms with van der Waals surface area (Å²) in [5, 5.41) is 1.72. The standard InChI is InChI=1S/C10H7N3S/c11-10-13-8-5-12-7-4-2-1-3-6(7)9(8)14-10/h1-5H,(H2,11,13). The molecule has 68 valence electrons. The Morgan fingerprint density at radius 2 is 2.00 bits per heavy atom. The number of pyridine rings is 1. The van der Waals surface area contributed by atoms with E-state index in [1.54, 1.807) is 6.20 Å². The second-order valence-corrected chi connectivity index (χ2v) is 4.07. The van der Waals surface area contributed by atoms with Gasteiger partial charge in [0, 0.05) is 5.39 Å². The van der Waals surface area contributed by atoms with Crippen LogP contribution < -0.4 is 5.73 Å². The van der Waals surface area contributed by atoms with Crippen molar-refractivity contribution in [1.29, 1.82) is 0 Å². The lowest BCUT2D eigenvalue weighted by atomic mass is 10.2. The number of nitrogens with two attached hydrogens (primary N) is 1. The third-order valence-electron chi connectivity index (χ3n) is 2.14. The number of nitrogen functional groups attached to an aromatic ring is 1. The van der Waals surface area contributed by atoms with Crippen molar-refractivity contribution in [1.82, 2.24) is 9.97 Å². The lowest BCUT2D eigenvalue weighted by molar-refractivity contribution is 1.40. The van der Waals surface area contributed by atoms with Crippen molar-refractivity contribution in [2.24, 2.45) is 0 Å². The number of fused-ring (bicyclic) bond motifs is 3. The van der Waals surface area contributed by atoms with Gasteiger partial charge in [-0.25, -0.2) is 4.98 Å². The van der Waals surface area contributed by atoms with Gasteiger partial charge in [-0.15, -0.1) is 0 Å². The Bertz CT molecular complexity index is 615. The van der Waals surface area contributed by atoms with Gasteiger partial charge in [0.1, 0.15) is 5.52 Å². The number of rotatable bonds is 0. The Labute approximate surface area is 84.2 Å². The molecule has 0 fully saturated rings. The first kappa shape index (κ1) is 7.70. The summed E-state index contributed by atoms with van der Waals surface area (Å²) in [6.07, 6.45) is 1.77. The van der Waals surface area contributed by atoms with Gasteiger partial charge in [0.05, 0.1) is 16.4 Å². The van der Waals surface area contributed by atoms with Crippen LogP contribution in [0.3, 0.4) is 0 Å². The molecule has 0 aliphatic heterocycles. The Morgan fingerprint density at radius 1 is 1.14 bits per heavy atom. The van der Waals surface area contributed by atoms with Gasteiger partial charge in [0.2, 0.25) is 0 Å². The Balaban J connectivity index is 2.60. The molecule has 3 aromatic rings. The molecule has 0 saturated carbocycles. The average Bonchev–Trinajstić information content (AvgIpc) is 2.59. The largest absolute Gasteiger partial charge is 0.375 e. The predicted molar refractivity (Wildman–Crippen MR) is 59.3 cm³/mol. The van der Waals surface area contributed by atoms with Gasteiger partial charge in [-0.1, -0.05) is 29.5 Å². The molecular weight excluding hydrogens is 194 g/mol. The number of nitrogens with zero attached hydrogens (tertiary/aromatic N) is 2. The summed E-state index contributed by atoms with van der Waals surface area (Å²) in [5.41, 5.74) is 7.53. The number of benzene rings is 1. The third kappa shape index (κ3) is 0.975. The molecule has 2 aromatic heterocycles. The maximum absolute atomic E-state index is 5.66. The van der Waals surface area contributed by atoms with E-state index in [-0.39, 0.29) is 0 Å². The first-order chi connectivity index (χ1) is 6.84. The zero-order valence-corrected chi connectivity index (χ0v) is 8.08. The zero-order valence-electron chi connectivity index (χ0n) is 7.27. The van der Waals surface area contributed by atoms with Gasteiger partial charge in [-0.05, 0) is 6.07 Å². The minimum Gasteiger partial charge on any atom is -0.375 e. The molecule has 0 unspecified atom stereocenters. The fraction of sp³-hybridized carbons (Fsp3) is 0. The van der Waals surface area contributed by atoms with Crippen LogP contribution in [0.15, 0.2) is 30.5 Å². The van der Waals surface area contributed by atoms with Crippen molar-refractivity contribution < 1.29 is 0 Å². The molecule has 0 bridgehead atoms. The van der Waals surface area contributed by atoms with E-state index >= 15 is 0 Å². The summed E-state index contributed by atoms with van der Waals surface area (Å²) in [4.78, 5) is 8.51. The quantitative estimate of drug-likeness (QED) is 0.607. The lowest BCUT2D eigenvalue weighted by Gasteiger charge is -1.95. The molecule has 3 rings (SSSR count). The van der Waals surface area contributed by atoms with E-state index in [2.05, 4.69) is 9.97 Å². The molecule has 0 saturated heterocycles. The number of hydrogen-bond donors (Lipinski definition) is 1. The number of hydrogen-bond acceptors (Lipinski definition) is 4. The fourth-order valence-corrected chi connectivity index (χ4v) is 2.38. The van der Waals surface area contributed by atoms with Crippen LogP contribution in [-0.4, -0.2) is 9.97 Å². The second kappa shape index (κ2) is 2.65. The second-order valence-electron chi connectivity index (χ2n) is 3.04. The molecule has 0 atom stereocenters. The van der Waals surface area contributed by atoms with Crippen LogP contribution in [0.2, 0.25) is 0 Å². The first-order valence-electron chi connectivity index (χ1n) is 4.24. The highest BCUT2D eigenvalue weighted by atomic mass is 32.1. The first-order valence-corrected chi connectivity index (χ1v) is 5.06. The minimum atomic E-state index is 0.596. The Hall–Kier alpha value is -1.68. The maximum atomic E-state index is 5.66. The van der Waals surface area contributed by atoms with Gasteiger partial charge in [-0.3, -0.25) is 4.98 Å².